The highest BCUT2D eigenvalue weighted by molar-refractivity contribution is 7.14. The number of hydrogen-bond donors (Lipinski definition) is 1. The second-order valence-electron chi connectivity index (χ2n) is 6.47. The Bertz CT molecular complexity index is 528. The van der Waals surface area contributed by atoms with E-state index in [-0.39, 0.29) is 0 Å². The van der Waals surface area contributed by atoms with Crippen LogP contribution in [0, 0.1) is 12.8 Å². The van der Waals surface area contributed by atoms with E-state index in [1.54, 1.807) is 0 Å². The van der Waals surface area contributed by atoms with Crippen LogP contribution in [0.25, 0.3) is 0 Å². The van der Waals surface area contributed by atoms with Crippen LogP contribution < -0.4 is 0 Å². The Morgan fingerprint density at radius 3 is 2.95 bits per heavy atom. The first-order chi connectivity index (χ1) is 10.0. The second-order valence-corrected chi connectivity index (χ2v) is 7.73. The minimum atomic E-state index is -0.804. The molecule has 116 valence electrons. The first-order valence-corrected chi connectivity index (χ1v) is 8.61. The van der Waals surface area contributed by atoms with Crippen molar-refractivity contribution in [3.63, 3.8) is 0 Å². The van der Waals surface area contributed by atoms with Crippen molar-refractivity contribution in [2.45, 2.75) is 38.8 Å². The molecule has 5 heteroatoms. The van der Waals surface area contributed by atoms with E-state index in [4.69, 9.17) is 5.11 Å². The van der Waals surface area contributed by atoms with Gasteiger partial charge >= 0.3 is 5.97 Å². The van der Waals surface area contributed by atoms with Gasteiger partial charge < -0.3 is 10.0 Å². The van der Waals surface area contributed by atoms with Crippen molar-refractivity contribution in [3.05, 3.63) is 21.4 Å². The van der Waals surface area contributed by atoms with Gasteiger partial charge in [-0.2, -0.15) is 0 Å². The van der Waals surface area contributed by atoms with Gasteiger partial charge in [0.2, 0.25) is 0 Å². The highest BCUT2D eigenvalue weighted by Gasteiger charge is 2.34. The van der Waals surface area contributed by atoms with Gasteiger partial charge in [-0.3, -0.25) is 4.90 Å². The largest absolute Gasteiger partial charge is 0.477 e. The Hall–Kier alpha value is -0.910. The van der Waals surface area contributed by atoms with Crippen LogP contribution in [0.1, 0.15) is 39.4 Å². The van der Waals surface area contributed by atoms with E-state index in [2.05, 4.69) is 16.8 Å². The SMILES string of the molecule is Cc1sc(C(=O)O)cc1CN1CCC2C(CCCN2C)C1. The lowest BCUT2D eigenvalue weighted by molar-refractivity contribution is 0.0354. The zero-order valence-electron chi connectivity index (χ0n) is 12.8. The number of aryl methyl sites for hydroxylation is 1. The second kappa shape index (κ2) is 6.07. The van der Waals surface area contributed by atoms with Gasteiger partial charge in [0.1, 0.15) is 4.88 Å². The molecule has 0 spiro atoms. The summed E-state index contributed by atoms with van der Waals surface area (Å²) in [6.07, 6.45) is 3.90. The minimum Gasteiger partial charge on any atom is -0.477 e. The molecule has 2 saturated heterocycles. The topological polar surface area (TPSA) is 43.8 Å². The van der Waals surface area contributed by atoms with Crippen LogP contribution in [-0.2, 0) is 6.54 Å². The lowest BCUT2D eigenvalue weighted by Crippen LogP contribution is -2.52. The predicted molar refractivity (Wildman–Crippen MR) is 85.1 cm³/mol. The molecule has 1 aromatic heterocycles. The van der Waals surface area contributed by atoms with Gasteiger partial charge in [0.05, 0.1) is 0 Å². The van der Waals surface area contributed by atoms with Crippen molar-refractivity contribution in [1.29, 1.82) is 0 Å². The van der Waals surface area contributed by atoms with E-state index < -0.39 is 5.97 Å². The average molecular weight is 308 g/mol. The summed E-state index contributed by atoms with van der Waals surface area (Å²) >= 11 is 1.40. The molecule has 2 atom stereocenters. The molecule has 2 aliphatic rings. The number of thiophene rings is 1. The molecule has 0 radical (unpaired) electrons. The number of carbonyl (C=O) groups is 1. The molecule has 0 bridgehead atoms. The van der Waals surface area contributed by atoms with Crippen LogP contribution in [0.3, 0.4) is 0 Å². The lowest BCUT2D eigenvalue weighted by atomic mass is 9.84. The Morgan fingerprint density at radius 1 is 1.43 bits per heavy atom. The van der Waals surface area contributed by atoms with E-state index in [9.17, 15) is 4.79 Å². The van der Waals surface area contributed by atoms with Gasteiger partial charge in [0.15, 0.2) is 0 Å². The van der Waals surface area contributed by atoms with E-state index >= 15 is 0 Å². The molecule has 0 aromatic carbocycles. The fraction of sp³-hybridized carbons (Fsp3) is 0.688. The molecule has 0 aliphatic carbocycles. The zero-order chi connectivity index (χ0) is 15.0. The van der Waals surface area contributed by atoms with Gasteiger partial charge in [0, 0.05) is 24.0 Å². The fourth-order valence-electron chi connectivity index (χ4n) is 3.89. The number of likely N-dealkylation sites (tertiary alicyclic amines) is 2. The molecule has 2 aliphatic heterocycles. The van der Waals surface area contributed by atoms with Crippen LogP contribution in [0.2, 0.25) is 0 Å². The van der Waals surface area contributed by atoms with Crippen LogP contribution in [-0.4, -0.2) is 53.6 Å². The maximum absolute atomic E-state index is 11.1. The summed E-state index contributed by atoms with van der Waals surface area (Å²) in [6.45, 7) is 6.47. The quantitative estimate of drug-likeness (QED) is 0.932. The fourth-order valence-corrected chi connectivity index (χ4v) is 4.77. The Labute approximate surface area is 130 Å². The number of carboxylic acid groups (broad SMARTS) is 1. The normalized spacial score (nSPS) is 27.5. The molecule has 3 rings (SSSR count). The number of rotatable bonds is 3. The van der Waals surface area contributed by atoms with E-state index in [1.165, 1.54) is 42.7 Å². The predicted octanol–water partition coefficient (Wildman–Crippen LogP) is 2.67. The van der Waals surface area contributed by atoms with Crippen molar-refractivity contribution in [3.8, 4) is 0 Å². The van der Waals surface area contributed by atoms with Crippen LogP contribution in [0.15, 0.2) is 6.07 Å². The van der Waals surface area contributed by atoms with E-state index in [1.807, 2.05) is 13.0 Å². The smallest absolute Gasteiger partial charge is 0.345 e. The summed E-state index contributed by atoms with van der Waals surface area (Å²) in [7, 11) is 2.26. The van der Waals surface area contributed by atoms with Gasteiger partial charge in [-0.25, -0.2) is 4.79 Å². The van der Waals surface area contributed by atoms with E-state index in [0.29, 0.717) is 4.88 Å². The zero-order valence-corrected chi connectivity index (χ0v) is 13.7. The summed E-state index contributed by atoms with van der Waals surface area (Å²) in [6, 6.07) is 2.62. The third-order valence-electron chi connectivity index (χ3n) is 5.06. The van der Waals surface area contributed by atoms with Crippen LogP contribution >= 0.6 is 11.3 Å². The summed E-state index contributed by atoms with van der Waals surface area (Å²) < 4.78 is 0. The van der Waals surface area contributed by atoms with Gasteiger partial charge in [-0.15, -0.1) is 11.3 Å². The van der Waals surface area contributed by atoms with Crippen LogP contribution in [0.4, 0.5) is 0 Å². The molecular formula is C16H24N2O2S. The number of aromatic carboxylic acids is 1. The molecule has 2 unspecified atom stereocenters. The first-order valence-electron chi connectivity index (χ1n) is 7.80. The molecular weight excluding hydrogens is 284 g/mol. The van der Waals surface area contributed by atoms with Crippen molar-refractivity contribution >= 4 is 17.3 Å². The Morgan fingerprint density at radius 2 is 2.24 bits per heavy atom. The third-order valence-corrected chi connectivity index (χ3v) is 6.14. The average Bonchev–Trinajstić information content (AvgIpc) is 2.81. The number of carboxylic acids is 1. The van der Waals surface area contributed by atoms with Gasteiger partial charge in [-0.05, 0) is 63.9 Å². The molecule has 4 nitrogen and oxygen atoms in total. The van der Waals surface area contributed by atoms with E-state index in [0.717, 1.165) is 36.5 Å². The lowest BCUT2D eigenvalue weighted by Gasteiger charge is -2.46. The highest BCUT2D eigenvalue weighted by Crippen LogP contribution is 2.31. The molecule has 1 aromatic rings. The van der Waals surface area contributed by atoms with Crippen LogP contribution in [0.5, 0.6) is 0 Å². The Balaban J connectivity index is 1.65. The maximum atomic E-state index is 11.1. The summed E-state index contributed by atoms with van der Waals surface area (Å²) in [4.78, 5) is 17.7. The molecule has 2 fully saturated rings. The van der Waals surface area contributed by atoms with Crippen molar-refractivity contribution in [2.75, 3.05) is 26.7 Å². The number of nitrogens with zero attached hydrogens (tertiary/aromatic N) is 2. The first kappa shape index (κ1) is 15.0. The third kappa shape index (κ3) is 3.15. The molecule has 3 heterocycles. The minimum absolute atomic E-state index is 0.467. The van der Waals surface area contributed by atoms with Gasteiger partial charge in [-0.1, -0.05) is 0 Å². The highest BCUT2D eigenvalue weighted by atomic mass is 32.1. The number of fused-ring (bicyclic) bond motifs is 1. The molecule has 0 saturated carbocycles. The molecule has 21 heavy (non-hydrogen) atoms. The Kier molecular flexibility index (Phi) is 4.33. The maximum Gasteiger partial charge on any atom is 0.345 e. The van der Waals surface area contributed by atoms with Crippen molar-refractivity contribution in [1.82, 2.24) is 9.80 Å². The summed E-state index contributed by atoms with van der Waals surface area (Å²) in [5.74, 6) is -0.0163. The van der Waals surface area contributed by atoms with Gasteiger partial charge in [0.25, 0.3) is 0 Å². The standard InChI is InChI=1S/C16H24N2O2S/c1-11-13(8-15(21-11)16(19)20)10-18-7-5-14-12(9-18)4-3-6-17(14)2/h8,12,14H,3-7,9-10H2,1-2H3,(H,19,20). The summed E-state index contributed by atoms with van der Waals surface area (Å²) in [5, 5.41) is 9.10. The number of hydrogen-bond acceptors (Lipinski definition) is 4. The van der Waals surface area contributed by atoms with Crippen molar-refractivity contribution in [2.24, 2.45) is 5.92 Å². The van der Waals surface area contributed by atoms with Crippen molar-refractivity contribution < 1.29 is 9.90 Å². The monoisotopic (exact) mass is 308 g/mol. The summed E-state index contributed by atoms with van der Waals surface area (Å²) in [5.41, 5.74) is 1.19. The molecule has 0 amide bonds. The number of piperidine rings is 2. The molecule has 1 N–H and O–H groups in total.